The van der Waals surface area contributed by atoms with Crippen molar-refractivity contribution in [2.24, 2.45) is 0 Å². The fraction of sp³-hybridized carbons (Fsp3) is 0.455. The lowest BCUT2D eigenvalue weighted by molar-refractivity contribution is 0.155. The molecule has 0 unspecified atom stereocenters. The number of nitrogen functional groups attached to an aromatic ring is 1. The number of amides is 1. The Morgan fingerprint density at radius 1 is 1.50 bits per heavy atom. The molecular formula is C11H15IN6O2. The molecular weight excluding hydrogens is 375 g/mol. The number of anilines is 1. The van der Waals surface area contributed by atoms with Crippen molar-refractivity contribution in [2.75, 3.05) is 19.3 Å². The number of nitrogens with zero attached hydrogens (tertiary/aromatic N) is 5. The van der Waals surface area contributed by atoms with E-state index >= 15 is 0 Å². The average molecular weight is 390 g/mol. The molecule has 20 heavy (non-hydrogen) atoms. The highest BCUT2D eigenvalue weighted by atomic mass is 127. The van der Waals surface area contributed by atoms with Gasteiger partial charge in [-0.1, -0.05) is 0 Å². The third-order valence-corrected chi connectivity index (χ3v) is 3.71. The second-order valence-electron chi connectivity index (χ2n) is 4.38. The average Bonchev–Trinajstić information content (AvgIpc) is 2.72. The number of aromatic nitrogens is 4. The molecule has 108 valence electrons. The summed E-state index contributed by atoms with van der Waals surface area (Å²) in [6.07, 6.45) is 2.09. The molecule has 0 aliphatic rings. The van der Waals surface area contributed by atoms with Gasteiger partial charge in [0.25, 0.3) is 0 Å². The van der Waals surface area contributed by atoms with Crippen LogP contribution in [0.15, 0.2) is 6.33 Å². The quantitative estimate of drug-likeness (QED) is 0.590. The number of halogens is 1. The fourth-order valence-electron chi connectivity index (χ4n) is 1.85. The molecule has 0 saturated heterocycles. The maximum atomic E-state index is 10.7. The molecule has 0 spiro atoms. The van der Waals surface area contributed by atoms with Gasteiger partial charge in [-0.2, -0.15) is 5.10 Å². The summed E-state index contributed by atoms with van der Waals surface area (Å²) in [7, 11) is 1.56. The monoisotopic (exact) mass is 390 g/mol. The fourth-order valence-corrected chi connectivity index (χ4v) is 2.63. The van der Waals surface area contributed by atoms with Crippen molar-refractivity contribution < 1.29 is 9.90 Å². The second-order valence-corrected chi connectivity index (χ2v) is 5.40. The Hall–Kier alpha value is -1.65. The topological polar surface area (TPSA) is 110 Å². The zero-order valence-electron chi connectivity index (χ0n) is 11.0. The van der Waals surface area contributed by atoms with Crippen LogP contribution in [0.4, 0.5) is 10.6 Å². The van der Waals surface area contributed by atoms with Crippen LogP contribution < -0.4 is 5.73 Å². The van der Waals surface area contributed by atoms with E-state index in [1.165, 1.54) is 11.2 Å². The molecule has 0 saturated carbocycles. The van der Waals surface area contributed by atoms with Crippen LogP contribution in [0.1, 0.15) is 12.8 Å². The Bertz CT molecular complexity index is 629. The lowest BCUT2D eigenvalue weighted by atomic mass is 10.3. The van der Waals surface area contributed by atoms with E-state index in [2.05, 4.69) is 37.7 Å². The van der Waals surface area contributed by atoms with E-state index in [0.29, 0.717) is 24.6 Å². The number of carboxylic acid groups (broad SMARTS) is 1. The molecule has 0 aliphatic carbocycles. The summed E-state index contributed by atoms with van der Waals surface area (Å²) >= 11 is 2.11. The Balaban J connectivity index is 2.01. The molecule has 9 heteroatoms. The molecule has 0 aromatic carbocycles. The lowest BCUT2D eigenvalue weighted by Crippen LogP contribution is -2.25. The molecule has 2 aromatic heterocycles. The van der Waals surface area contributed by atoms with Crippen LogP contribution in [0, 0.1) is 3.70 Å². The van der Waals surface area contributed by atoms with E-state index < -0.39 is 6.09 Å². The van der Waals surface area contributed by atoms with Gasteiger partial charge in [0, 0.05) is 20.1 Å². The van der Waals surface area contributed by atoms with E-state index in [9.17, 15) is 4.79 Å². The second kappa shape index (κ2) is 6.20. The van der Waals surface area contributed by atoms with Crippen LogP contribution in [-0.2, 0) is 6.54 Å². The normalized spacial score (nSPS) is 10.9. The van der Waals surface area contributed by atoms with Gasteiger partial charge < -0.3 is 15.7 Å². The van der Waals surface area contributed by atoms with Crippen molar-refractivity contribution in [3.05, 3.63) is 10.0 Å². The Morgan fingerprint density at radius 3 is 2.95 bits per heavy atom. The minimum atomic E-state index is -0.912. The van der Waals surface area contributed by atoms with Gasteiger partial charge in [0.15, 0.2) is 5.65 Å². The van der Waals surface area contributed by atoms with Crippen molar-refractivity contribution in [1.29, 1.82) is 0 Å². The van der Waals surface area contributed by atoms with E-state index in [1.807, 2.05) is 0 Å². The SMILES string of the molecule is CN(CCCCn1nc(I)c2c(N)ncnc21)C(=O)O. The molecule has 0 aliphatic heterocycles. The van der Waals surface area contributed by atoms with Crippen molar-refractivity contribution >= 4 is 45.5 Å². The molecule has 2 aromatic rings. The standard InChI is InChI=1S/C11H15IN6O2/c1-17(11(19)20)4-2-3-5-18-10-7(8(12)16-18)9(13)14-6-15-10/h6H,2-5H2,1H3,(H,19,20)(H2,13,14,15). The smallest absolute Gasteiger partial charge is 0.407 e. The maximum absolute atomic E-state index is 10.7. The third kappa shape index (κ3) is 3.08. The first-order valence-corrected chi connectivity index (χ1v) is 7.15. The summed E-state index contributed by atoms with van der Waals surface area (Å²) in [6, 6.07) is 0. The van der Waals surface area contributed by atoms with Crippen molar-refractivity contribution in [3.63, 3.8) is 0 Å². The Morgan fingerprint density at radius 2 is 2.25 bits per heavy atom. The van der Waals surface area contributed by atoms with E-state index in [1.54, 1.807) is 11.7 Å². The van der Waals surface area contributed by atoms with Gasteiger partial charge in [0.1, 0.15) is 15.8 Å². The van der Waals surface area contributed by atoms with Crippen LogP contribution in [0.5, 0.6) is 0 Å². The summed E-state index contributed by atoms with van der Waals surface area (Å²) in [5.41, 5.74) is 6.53. The molecule has 3 N–H and O–H groups in total. The molecule has 8 nitrogen and oxygen atoms in total. The molecule has 2 heterocycles. The summed E-state index contributed by atoms with van der Waals surface area (Å²) in [4.78, 5) is 20.1. The number of rotatable bonds is 5. The number of unbranched alkanes of at least 4 members (excludes halogenated alkanes) is 1. The lowest BCUT2D eigenvalue weighted by Gasteiger charge is -2.12. The highest BCUT2D eigenvalue weighted by Gasteiger charge is 2.13. The number of hydrogen-bond acceptors (Lipinski definition) is 5. The predicted octanol–water partition coefficient (Wildman–Crippen LogP) is 1.40. The van der Waals surface area contributed by atoms with Gasteiger partial charge in [-0.05, 0) is 35.4 Å². The molecule has 2 rings (SSSR count). The van der Waals surface area contributed by atoms with Crippen LogP contribution in [-0.4, -0.2) is 49.4 Å². The minimum Gasteiger partial charge on any atom is -0.465 e. The van der Waals surface area contributed by atoms with Crippen molar-refractivity contribution in [2.45, 2.75) is 19.4 Å². The predicted molar refractivity (Wildman–Crippen MR) is 82.3 cm³/mol. The van der Waals surface area contributed by atoms with Gasteiger partial charge in [-0.3, -0.25) is 0 Å². The summed E-state index contributed by atoms with van der Waals surface area (Å²) in [5, 5.41) is 13.9. The summed E-state index contributed by atoms with van der Waals surface area (Å²) in [5.74, 6) is 0.427. The van der Waals surface area contributed by atoms with E-state index in [-0.39, 0.29) is 0 Å². The third-order valence-electron chi connectivity index (χ3n) is 2.96. The number of carbonyl (C=O) groups is 1. The van der Waals surface area contributed by atoms with Crippen molar-refractivity contribution in [1.82, 2.24) is 24.6 Å². The number of nitrogens with two attached hydrogens (primary N) is 1. The van der Waals surface area contributed by atoms with Gasteiger partial charge in [0.05, 0.1) is 5.39 Å². The zero-order chi connectivity index (χ0) is 14.7. The Labute approximate surface area is 129 Å². The molecule has 0 fully saturated rings. The van der Waals surface area contributed by atoms with Crippen LogP contribution in [0.25, 0.3) is 11.0 Å². The van der Waals surface area contributed by atoms with Crippen LogP contribution in [0.2, 0.25) is 0 Å². The van der Waals surface area contributed by atoms with E-state index in [4.69, 9.17) is 10.8 Å². The first kappa shape index (κ1) is 14.8. The molecule has 0 bridgehead atoms. The van der Waals surface area contributed by atoms with Gasteiger partial charge in [0.2, 0.25) is 0 Å². The first-order valence-electron chi connectivity index (χ1n) is 6.07. The minimum absolute atomic E-state index is 0.427. The highest BCUT2D eigenvalue weighted by Crippen LogP contribution is 2.22. The Kier molecular flexibility index (Phi) is 4.57. The highest BCUT2D eigenvalue weighted by molar-refractivity contribution is 14.1. The van der Waals surface area contributed by atoms with Gasteiger partial charge >= 0.3 is 6.09 Å². The molecule has 1 amide bonds. The summed E-state index contributed by atoms with van der Waals surface area (Å²) in [6.45, 7) is 1.17. The summed E-state index contributed by atoms with van der Waals surface area (Å²) < 4.78 is 2.56. The van der Waals surface area contributed by atoms with Gasteiger partial charge in [-0.15, -0.1) is 0 Å². The zero-order valence-corrected chi connectivity index (χ0v) is 13.1. The van der Waals surface area contributed by atoms with E-state index in [0.717, 1.165) is 21.9 Å². The van der Waals surface area contributed by atoms with Crippen LogP contribution >= 0.6 is 22.6 Å². The number of aryl methyl sites for hydroxylation is 1. The van der Waals surface area contributed by atoms with Crippen LogP contribution in [0.3, 0.4) is 0 Å². The first-order chi connectivity index (χ1) is 9.50. The molecule has 0 atom stereocenters. The maximum Gasteiger partial charge on any atom is 0.407 e. The largest absolute Gasteiger partial charge is 0.465 e. The van der Waals surface area contributed by atoms with Gasteiger partial charge in [-0.25, -0.2) is 19.4 Å². The molecule has 0 radical (unpaired) electrons. The number of fused-ring (bicyclic) bond motifs is 1. The number of hydrogen-bond donors (Lipinski definition) is 2. The van der Waals surface area contributed by atoms with Crippen molar-refractivity contribution in [3.8, 4) is 0 Å².